The second-order valence-corrected chi connectivity index (χ2v) is 8.53. The predicted octanol–water partition coefficient (Wildman–Crippen LogP) is 8.81. The molecule has 1 nitrogen and oxygen atoms in total. The van der Waals surface area contributed by atoms with E-state index in [9.17, 15) is 0 Å². The molecule has 1 heteroatoms. The molecule has 0 amide bonds. The van der Waals surface area contributed by atoms with Gasteiger partial charge < -0.3 is 5.32 Å². The molecule has 0 fully saturated rings. The van der Waals surface area contributed by atoms with E-state index in [0.717, 1.165) is 6.04 Å². The summed E-state index contributed by atoms with van der Waals surface area (Å²) in [7, 11) is 0. The van der Waals surface area contributed by atoms with Gasteiger partial charge in [0.15, 0.2) is 0 Å². The van der Waals surface area contributed by atoms with Crippen molar-refractivity contribution >= 4 is 0 Å². The SMILES string of the molecule is CCCCCCCCNC(CCCCCCCC)CCCCCCCC. The first kappa shape index (κ1) is 26.0. The predicted molar refractivity (Wildman–Crippen MR) is 121 cm³/mol. The Morgan fingerprint density at radius 3 is 1.19 bits per heavy atom. The van der Waals surface area contributed by atoms with Gasteiger partial charge in [0, 0.05) is 6.04 Å². The van der Waals surface area contributed by atoms with Gasteiger partial charge in [-0.1, -0.05) is 130 Å². The molecule has 0 aromatic rings. The van der Waals surface area contributed by atoms with Crippen LogP contribution in [0.15, 0.2) is 0 Å². The third-order valence-corrected chi connectivity index (χ3v) is 5.78. The Bertz CT molecular complexity index is 222. The first-order chi connectivity index (χ1) is 12.8. The summed E-state index contributed by atoms with van der Waals surface area (Å²) in [5.41, 5.74) is 0. The van der Waals surface area contributed by atoms with Crippen LogP contribution in [0.3, 0.4) is 0 Å². The second kappa shape index (κ2) is 23.0. The molecule has 1 N–H and O–H groups in total. The van der Waals surface area contributed by atoms with Crippen molar-refractivity contribution in [1.82, 2.24) is 5.32 Å². The molecule has 158 valence electrons. The summed E-state index contributed by atoms with van der Waals surface area (Å²) >= 11 is 0. The number of unbranched alkanes of at least 4 members (excludes halogenated alkanes) is 15. The van der Waals surface area contributed by atoms with Crippen molar-refractivity contribution in [1.29, 1.82) is 0 Å². The Hall–Kier alpha value is -0.0400. The van der Waals surface area contributed by atoms with Gasteiger partial charge in [-0.2, -0.15) is 0 Å². The van der Waals surface area contributed by atoms with Crippen LogP contribution in [0.1, 0.15) is 149 Å². The maximum Gasteiger partial charge on any atom is 0.00670 e. The maximum absolute atomic E-state index is 3.91. The van der Waals surface area contributed by atoms with Crippen LogP contribution < -0.4 is 5.32 Å². The molecule has 0 unspecified atom stereocenters. The van der Waals surface area contributed by atoms with Gasteiger partial charge in [-0.15, -0.1) is 0 Å². The van der Waals surface area contributed by atoms with Crippen molar-refractivity contribution < 1.29 is 0 Å². The molecule has 0 radical (unpaired) electrons. The second-order valence-electron chi connectivity index (χ2n) is 8.53. The fourth-order valence-electron chi connectivity index (χ4n) is 3.90. The van der Waals surface area contributed by atoms with E-state index < -0.39 is 0 Å². The summed E-state index contributed by atoms with van der Waals surface area (Å²) in [6.45, 7) is 8.17. The lowest BCUT2D eigenvalue weighted by molar-refractivity contribution is 0.406. The summed E-state index contributed by atoms with van der Waals surface area (Å²) < 4.78 is 0. The van der Waals surface area contributed by atoms with Gasteiger partial charge in [-0.3, -0.25) is 0 Å². The zero-order chi connectivity index (χ0) is 19.1. The fraction of sp³-hybridized carbons (Fsp3) is 1.00. The minimum absolute atomic E-state index is 0.794. The normalized spacial score (nSPS) is 11.5. The molecule has 0 aliphatic heterocycles. The highest BCUT2D eigenvalue weighted by Gasteiger charge is 2.07. The summed E-state index contributed by atoms with van der Waals surface area (Å²) in [5, 5.41) is 3.91. The third kappa shape index (κ3) is 20.3. The van der Waals surface area contributed by atoms with Gasteiger partial charge >= 0.3 is 0 Å². The molecular weight excluding hydrogens is 314 g/mol. The van der Waals surface area contributed by atoms with E-state index in [0.29, 0.717) is 0 Å². The van der Waals surface area contributed by atoms with Crippen molar-refractivity contribution in [3.8, 4) is 0 Å². The van der Waals surface area contributed by atoms with E-state index in [4.69, 9.17) is 0 Å². The smallest absolute Gasteiger partial charge is 0.00670 e. The zero-order valence-electron chi connectivity index (χ0n) is 18.9. The number of hydrogen-bond acceptors (Lipinski definition) is 1. The lowest BCUT2D eigenvalue weighted by atomic mass is 10.00. The van der Waals surface area contributed by atoms with Crippen LogP contribution in [0.4, 0.5) is 0 Å². The summed E-state index contributed by atoms with van der Waals surface area (Å²) in [6, 6.07) is 0.794. The average molecular weight is 368 g/mol. The van der Waals surface area contributed by atoms with Crippen LogP contribution in [0.25, 0.3) is 0 Å². The Kier molecular flexibility index (Phi) is 23.0. The molecule has 0 rings (SSSR count). The van der Waals surface area contributed by atoms with Gasteiger partial charge in [0.05, 0.1) is 0 Å². The number of hydrogen-bond donors (Lipinski definition) is 1. The van der Waals surface area contributed by atoms with Crippen molar-refractivity contribution in [3.63, 3.8) is 0 Å². The molecule has 0 saturated heterocycles. The van der Waals surface area contributed by atoms with Crippen LogP contribution in [-0.2, 0) is 0 Å². The molecule has 0 bridgehead atoms. The van der Waals surface area contributed by atoms with Crippen molar-refractivity contribution in [3.05, 3.63) is 0 Å². The first-order valence-electron chi connectivity index (χ1n) is 12.6. The molecule has 26 heavy (non-hydrogen) atoms. The Labute approximate surface area is 167 Å². The summed E-state index contributed by atoms with van der Waals surface area (Å²) in [5.74, 6) is 0. The monoisotopic (exact) mass is 367 g/mol. The Morgan fingerprint density at radius 2 is 0.769 bits per heavy atom. The van der Waals surface area contributed by atoms with E-state index >= 15 is 0 Å². The standard InChI is InChI=1S/C25H53N/c1-4-7-10-13-16-19-22-25(23-20-17-14-11-8-5-2)26-24-21-18-15-12-9-6-3/h25-26H,4-24H2,1-3H3. The highest BCUT2D eigenvalue weighted by atomic mass is 14.9. The molecule has 0 heterocycles. The number of rotatable bonds is 22. The molecule has 0 saturated carbocycles. The molecule has 0 spiro atoms. The minimum Gasteiger partial charge on any atom is -0.314 e. The maximum atomic E-state index is 3.91. The lowest BCUT2D eigenvalue weighted by Gasteiger charge is -2.19. The van der Waals surface area contributed by atoms with Crippen molar-refractivity contribution in [2.24, 2.45) is 0 Å². The van der Waals surface area contributed by atoms with Gasteiger partial charge in [0.1, 0.15) is 0 Å². The van der Waals surface area contributed by atoms with Crippen LogP contribution in [0.2, 0.25) is 0 Å². The Morgan fingerprint density at radius 1 is 0.423 bits per heavy atom. The van der Waals surface area contributed by atoms with Crippen LogP contribution >= 0.6 is 0 Å². The van der Waals surface area contributed by atoms with Gasteiger partial charge in [0.2, 0.25) is 0 Å². The van der Waals surface area contributed by atoms with Gasteiger partial charge in [0.25, 0.3) is 0 Å². The van der Waals surface area contributed by atoms with Crippen molar-refractivity contribution in [2.45, 2.75) is 155 Å². The largest absolute Gasteiger partial charge is 0.314 e. The Balaban J connectivity index is 3.77. The topological polar surface area (TPSA) is 12.0 Å². The molecule has 0 aromatic carbocycles. The van der Waals surface area contributed by atoms with Gasteiger partial charge in [-0.05, 0) is 25.8 Å². The van der Waals surface area contributed by atoms with E-state index in [2.05, 4.69) is 26.1 Å². The lowest BCUT2D eigenvalue weighted by Crippen LogP contribution is -2.30. The van der Waals surface area contributed by atoms with Gasteiger partial charge in [-0.25, -0.2) is 0 Å². The minimum atomic E-state index is 0.794. The molecule has 0 aliphatic rings. The van der Waals surface area contributed by atoms with E-state index in [-0.39, 0.29) is 0 Å². The van der Waals surface area contributed by atoms with Crippen LogP contribution in [0, 0.1) is 0 Å². The molecule has 0 atom stereocenters. The summed E-state index contributed by atoms with van der Waals surface area (Å²) in [6.07, 6.45) is 28.5. The summed E-state index contributed by atoms with van der Waals surface area (Å²) in [4.78, 5) is 0. The highest BCUT2D eigenvalue weighted by Crippen LogP contribution is 2.14. The first-order valence-corrected chi connectivity index (χ1v) is 12.6. The van der Waals surface area contributed by atoms with Crippen LogP contribution in [-0.4, -0.2) is 12.6 Å². The average Bonchev–Trinajstić information content (AvgIpc) is 2.65. The van der Waals surface area contributed by atoms with E-state index in [1.54, 1.807) is 0 Å². The van der Waals surface area contributed by atoms with Crippen LogP contribution in [0.5, 0.6) is 0 Å². The van der Waals surface area contributed by atoms with E-state index in [1.165, 1.54) is 135 Å². The number of nitrogens with one attached hydrogen (secondary N) is 1. The highest BCUT2D eigenvalue weighted by molar-refractivity contribution is 4.68. The molecular formula is C25H53N. The molecule has 0 aliphatic carbocycles. The zero-order valence-corrected chi connectivity index (χ0v) is 18.9. The van der Waals surface area contributed by atoms with E-state index in [1.807, 2.05) is 0 Å². The third-order valence-electron chi connectivity index (χ3n) is 5.78. The quantitative estimate of drug-likeness (QED) is 0.188. The fourth-order valence-corrected chi connectivity index (χ4v) is 3.90. The molecule has 0 aromatic heterocycles. The van der Waals surface area contributed by atoms with Crippen molar-refractivity contribution in [2.75, 3.05) is 6.54 Å².